The molecule has 0 unspecified atom stereocenters. The third-order valence-electron chi connectivity index (χ3n) is 5.25. The van der Waals surface area contributed by atoms with Gasteiger partial charge in [0.25, 0.3) is 0 Å². The summed E-state index contributed by atoms with van der Waals surface area (Å²) in [6.07, 6.45) is -3.56. The molecular weight excluding hydrogens is 482 g/mol. The SMILES string of the molecule is NC(=O)N1CC(CNc2cc(C(F)(F)F)nc3ccc(Br)cc23)(c2ccc(F)cn2)C1. The molecule has 3 aromatic rings. The van der Waals surface area contributed by atoms with Gasteiger partial charge in [-0.2, -0.15) is 13.2 Å². The van der Waals surface area contributed by atoms with E-state index in [2.05, 4.69) is 31.2 Å². The Labute approximate surface area is 182 Å². The van der Waals surface area contributed by atoms with Crippen LogP contribution in [0.1, 0.15) is 11.4 Å². The average molecular weight is 498 g/mol. The molecule has 2 aromatic heterocycles. The van der Waals surface area contributed by atoms with Crippen LogP contribution in [0.4, 0.5) is 28.0 Å². The van der Waals surface area contributed by atoms with E-state index in [-0.39, 0.29) is 30.8 Å². The number of alkyl halides is 3. The molecule has 162 valence electrons. The normalized spacial score (nSPS) is 15.6. The number of primary amides is 1. The van der Waals surface area contributed by atoms with Crippen LogP contribution in [0.3, 0.4) is 0 Å². The number of hydrogen-bond donors (Lipinski definition) is 2. The van der Waals surface area contributed by atoms with Gasteiger partial charge in [-0.15, -0.1) is 0 Å². The molecule has 1 fully saturated rings. The second-order valence-corrected chi connectivity index (χ2v) is 8.32. The zero-order valence-corrected chi connectivity index (χ0v) is 17.5. The van der Waals surface area contributed by atoms with Gasteiger partial charge in [-0.3, -0.25) is 4.98 Å². The zero-order chi connectivity index (χ0) is 22.4. The number of benzene rings is 1. The molecule has 1 saturated heterocycles. The number of amides is 2. The number of hydrogen-bond acceptors (Lipinski definition) is 4. The fraction of sp³-hybridized carbons (Fsp3) is 0.250. The number of nitrogens with zero attached hydrogens (tertiary/aromatic N) is 3. The van der Waals surface area contributed by atoms with Crippen LogP contribution in [0.15, 0.2) is 47.1 Å². The van der Waals surface area contributed by atoms with Crippen LogP contribution in [-0.2, 0) is 11.6 Å². The van der Waals surface area contributed by atoms with E-state index in [0.717, 1.165) is 12.3 Å². The second-order valence-electron chi connectivity index (χ2n) is 7.40. The van der Waals surface area contributed by atoms with Crippen molar-refractivity contribution in [3.05, 3.63) is 64.3 Å². The van der Waals surface area contributed by atoms with E-state index in [1.54, 1.807) is 12.1 Å². The smallest absolute Gasteiger partial charge is 0.383 e. The van der Waals surface area contributed by atoms with Crippen LogP contribution >= 0.6 is 15.9 Å². The molecule has 31 heavy (non-hydrogen) atoms. The lowest BCUT2D eigenvalue weighted by atomic mass is 9.76. The highest BCUT2D eigenvalue weighted by Crippen LogP contribution is 2.37. The van der Waals surface area contributed by atoms with Crippen molar-refractivity contribution in [2.24, 2.45) is 5.73 Å². The summed E-state index contributed by atoms with van der Waals surface area (Å²) in [6.45, 7) is 0.554. The number of rotatable bonds is 4. The Morgan fingerprint density at radius 2 is 1.97 bits per heavy atom. The van der Waals surface area contributed by atoms with Crippen LogP contribution in [0.25, 0.3) is 10.9 Å². The third kappa shape index (κ3) is 4.14. The number of nitrogens with two attached hydrogens (primary N) is 1. The summed E-state index contributed by atoms with van der Waals surface area (Å²) in [5, 5.41) is 3.57. The molecule has 0 spiro atoms. The first-order chi connectivity index (χ1) is 14.6. The number of pyridine rings is 2. The van der Waals surface area contributed by atoms with Crippen molar-refractivity contribution >= 4 is 38.6 Å². The highest BCUT2D eigenvalue weighted by atomic mass is 79.9. The van der Waals surface area contributed by atoms with Crippen molar-refractivity contribution in [3.63, 3.8) is 0 Å². The minimum atomic E-state index is -4.62. The molecule has 1 aliphatic rings. The predicted octanol–water partition coefficient (Wildman–Crippen LogP) is 4.29. The number of carbonyl (C=O) groups excluding carboxylic acids is 1. The quantitative estimate of drug-likeness (QED) is 0.526. The van der Waals surface area contributed by atoms with Gasteiger partial charge in [0, 0.05) is 35.2 Å². The summed E-state index contributed by atoms with van der Waals surface area (Å²) in [6, 6.07) is 7.86. The number of urea groups is 1. The van der Waals surface area contributed by atoms with Crippen LogP contribution in [0.2, 0.25) is 0 Å². The average Bonchev–Trinajstić information content (AvgIpc) is 2.67. The second kappa shape index (κ2) is 7.63. The predicted molar refractivity (Wildman–Crippen MR) is 110 cm³/mol. The summed E-state index contributed by atoms with van der Waals surface area (Å²) >= 11 is 3.33. The van der Waals surface area contributed by atoms with Gasteiger partial charge in [0.1, 0.15) is 11.5 Å². The molecule has 1 aromatic carbocycles. The molecule has 0 saturated carbocycles. The van der Waals surface area contributed by atoms with E-state index in [4.69, 9.17) is 5.73 Å². The van der Waals surface area contributed by atoms with Crippen molar-refractivity contribution in [2.75, 3.05) is 25.0 Å². The topological polar surface area (TPSA) is 84.1 Å². The highest BCUT2D eigenvalue weighted by molar-refractivity contribution is 9.10. The van der Waals surface area contributed by atoms with E-state index >= 15 is 0 Å². The first-order valence-corrected chi connectivity index (χ1v) is 9.94. The molecule has 3 N–H and O–H groups in total. The van der Waals surface area contributed by atoms with Crippen LogP contribution in [0.5, 0.6) is 0 Å². The van der Waals surface area contributed by atoms with Gasteiger partial charge in [0.15, 0.2) is 0 Å². The van der Waals surface area contributed by atoms with E-state index in [0.29, 0.717) is 15.6 Å². The van der Waals surface area contributed by atoms with Crippen LogP contribution in [0, 0.1) is 5.82 Å². The van der Waals surface area contributed by atoms with Gasteiger partial charge in [-0.1, -0.05) is 15.9 Å². The first-order valence-electron chi connectivity index (χ1n) is 9.15. The summed E-state index contributed by atoms with van der Waals surface area (Å²) in [5.74, 6) is -0.516. The van der Waals surface area contributed by atoms with Crippen molar-refractivity contribution in [2.45, 2.75) is 11.6 Å². The molecule has 3 heterocycles. The molecule has 6 nitrogen and oxygen atoms in total. The van der Waals surface area contributed by atoms with E-state index in [9.17, 15) is 22.4 Å². The lowest BCUT2D eigenvalue weighted by molar-refractivity contribution is -0.140. The van der Waals surface area contributed by atoms with Gasteiger partial charge in [0.2, 0.25) is 0 Å². The maximum absolute atomic E-state index is 13.4. The van der Waals surface area contributed by atoms with Gasteiger partial charge in [-0.05, 0) is 36.4 Å². The Morgan fingerprint density at radius 1 is 1.23 bits per heavy atom. The van der Waals surface area contributed by atoms with Crippen molar-refractivity contribution in [1.82, 2.24) is 14.9 Å². The lowest BCUT2D eigenvalue weighted by Crippen LogP contribution is -2.65. The summed E-state index contributed by atoms with van der Waals surface area (Å²) < 4.78 is 54.1. The molecular formula is C20H16BrF4N5O. The van der Waals surface area contributed by atoms with E-state index < -0.39 is 29.1 Å². The number of halogens is 5. The third-order valence-corrected chi connectivity index (χ3v) is 5.74. The lowest BCUT2D eigenvalue weighted by Gasteiger charge is -2.49. The maximum atomic E-state index is 13.4. The van der Waals surface area contributed by atoms with Gasteiger partial charge >= 0.3 is 12.2 Å². The number of likely N-dealkylation sites (tertiary alicyclic amines) is 1. The Balaban J connectivity index is 1.71. The molecule has 4 rings (SSSR count). The van der Waals surface area contributed by atoms with E-state index in [1.165, 1.54) is 23.1 Å². The van der Waals surface area contributed by atoms with Crippen LogP contribution in [-0.4, -0.2) is 40.5 Å². The monoisotopic (exact) mass is 497 g/mol. The maximum Gasteiger partial charge on any atom is 0.433 e. The number of aromatic nitrogens is 2. The molecule has 0 aliphatic carbocycles. The zero-order valence-electron chi connectivity index (χ0n) is 15.9. The fourth-order valence-corrected chi connectivity index (χ4v) is 4.01. The van der Waals surface area contributed by atoms with Crippen molar-refractivity contribution < 1.29 is 22.4 Å². The Hall–Kier alpha value is -2.95. The van der Waals surface area contributed by atoms with Crippen molar-refractivity contribution in [3.8, 4) is 0 Å². The Morgan fingerprint density at radius 3 is 2.58 bits per heavy atom. The Bertz CT molecular complexity index is 1150. The minimum absolute atomic E-state index is 0.151. The standard InChI is InChI=1S/C20H16BrF4N5O/c21-11-1-3-14-13(5-11)15(6-17(29-14)20(23,24)25)28-8-19(9-30(10-19)18(26)31)16-4-2-12(22)7-27-16/h1-7H,8-10H2,(H2,26,31)(H,28,29). The van der Waals surface area contributed by atoms with Crippen LogP contribution < -0.4 is 11.1 Å². The first kappa shape index (κ1) is 21.3. The minimum Gasteiger partial charge on any atom is -0.383 e. The number of carbonyl (C=O) groups is 1. The molecule has 0 atom stereocenters. The Kier molecular flexibility index (Phi) is 5.24. The largest absolute Gasteiger partial charge is 0.433 e. The highest BCUT2D eigenvalue weighted by Gasteiger charge is 2.47. The fourth-order valence-electron chi connectivity index (χ4n) is 3.65. The molecule has 11 heteroatoms. The summed E-state index contributed by atoms with van der Waals surface area (Å²) in [5.41, 5.74) is 4.50. The number of anilines is 1. The van der Waals surface area contributed by atoms with Crippen molar-refractivity contribution in [1.29, 1.82) is 0 Å². The van der Waals surface area contributed by atoms with Gasteiger partial charge in [0.05, 0.1) is 22.8 Å². The number of nitrogens with one attached hydrogen (secondary N) is 1. The van der Waals surface area contributed by atoms with E-state index in [1.807, 2.05) is 0 Å². The molecule has 0 bridgehead atoms. The summed E-state index contributed by atoms with van der Waals surface area (Å²) in [7, 11) is 0. The number of fused-ring (bicyclic) bond motifs is 1. The summed E-state index contributed by atoms with van der Waals surface area (Å²) in [4.78, 5) is 20.7. The van der Waals surface area contributed by atoms with Gasteiger partial charge < -0.3 is 16.0 Å². The van der Waals surface area contributed by atoms with Gasteiger partial charge in [-0.25, -0.2) is 14.2 Å². The molecule has 0 radical (unpaired) electrons. The molecule has 2 amide bonds. The molecule has 1 aliphatic heterocycles.